The number of aromatic nitrogens is 1. The second-order valence-corrected chi connectivity index (χ2v) is 7.00. The largest absolute Gasteiger partial charge is 0.393 e. The Morgan fingerprint density at radius 2 is 1.88 bits per heavy atom. The lowest BCUT2D eigenvalue weighted by atomic mass is 10.1. The van der Waals surface area contributed by atoms with E-state index >= 15 is 0 Å². The van der Waals surface area contributed by atoms with Crippen LogP contribution in [0.15, 0.2) is 30.5 Å². The molecular formula is C19H22N2O2S. The van der Waals surface area contributed by atoms with Crippen LogP contribution in [0.3, 0.4) is 0 Å². The van der Waals surface area contributed by atoms with E-state index in [2.05, 4.69) is 35.9 Å². The number of carbonyl (C=O) groups excluding carboxylic acids is 1. The second kappa shape index (κ2) is 9.21. The topological polar surface area (TPSA) is 53.4 Å². The van der Waals surface area contributed by atoms with E-state index < -0.39 is 0 Å². The van der Waals surface area contributed by atoms with Crippen molar-refractivity contribution in [1.82, 2.24) is 9.88 Å². The lowest BCUT2D eigenvalue weighted by Crippen LogP contribution is -2.34. The molecule has 2 aromatic rings. The predicted molar refractivity (Wildman–Crippen MR) is 96.9 cm³/mol. The van der Waals surface area contributed by atoms with Gasteiger partial charge in [-0.05, 0) is 44.7 Å². The molecule has 0 bridgehead atoms. The summed E-state index contributed by atoms with van der Waals surface area (Å²) in [6.07, 6.45) is 3.98. The number of aryl methyl sites for hydroxylation is 2. The lowest BCUT2D eigenvalue weighted by molar-refractivity contribution is -0.119. The first-order chi connectivity index (χ1) is 11.6. The normalized spacial score (nSPS) is 14.2. The molecule has 0 saturated carbocycles. The van der Waals surface area contributed by atoms with Gasteiger partial charge in [-0.15, -0.1) is 11.3 Å². The molecule has 0 atom stereocenters. The number of likely N-dealkylation sites (tertiary alicyclic amines) is 1. The van der Waals surface area contributed by atoms with Gasteiger partial charge in [0.2, 0.25) is 6.41 Å². The Kier molecular flexibility index (Phi) is 6.98. The molecule has 1 aromatic carbocycles. The van der Waals surface area contributed by atoms with Gasteiger partial charge in [-0.1, -0.05) is 23.6 Å². The molecular weight excluding hydrogens is 320 g/mol. The van der Waals surface area contributed by atoms with E-state index in [-0.39, 0.29) is 6.10 Å². The van der Waals surface area contributed by atoms with Crippen LogP contribution in [-0.2, 0) is 4.79 Å². The number of amides is 1. The van der Waals surface area contributed by atoms with Crippen LogP contribution in [0.2, 0.25) is 0 Å². The van der Waals surface area contributed by atoms with Gasteiger partial charge in [0, 0.05) is 29.7 Å². The average molecular weight is 342 g/mol. The molecule has 1 N–H and O–H groups in total. The first-order valence-corrected chi connectivity index (χ1v) is 8.77. The molecule has 1 saturated heterocycles. The predicted octanol–water partition coefficient (Wildman–Crippen LogP) is 2.76. The molecule has 0 unspecified atom stereocenters. The summed E-state index contributed by atoms with van der Waals surface area (Å²) in [6, 6.07) is 8.19. The smallest absolute Gasteiger partial charge is 0.209 e. The number of hydrogen-bond acceptors (Lipinski definition) is 4. The summed E-state index contributed by atoms with van der Waals surface area (Å²) in [5.41, 5.74) is 2.29. The summed E-state index contributed by atoms with van der Waals surface area (Å²) in [7, 11) is 0. The van der Waals surface area contributed by atoms with Gasteiger partial charge >= 0.3 is 0 Å². The maximum Gasteiger partial charge on any atom is 0.209 e. The number of carbonyl (C=O) groups is 1. The maximum atomic E-state index is 10.1. The zero-order valence-electron chi connectivity index (χ0n) is 14.0. The van der Waals surface area contributed by atoms with Gasteiger partial charge in [-0.3, -0.25) is 4.79 Å². The van der Waals surface area contributed by atoms with Crippen molar-refractivity contribution in [3.8, 4) is 11.8 Å². The molecule has 0 spiro atoms. The average Bonchev–Trinajstić information content (AvgIpc) is 3.01. The molecule has 126 valence electrons. The molecule has 1 aliphatic rings. The van der Waals surface area contributed by atoms with Crippen molar-refractivity contribution in [2.75, 3.05) is 13.1 Å². The van der Waals surface area contributed by atoms with E-state index in [1.54, 1.807) is 16.2 Å². The molecule has 2 heterocycles. The zero-order chi connectivity index (χ0) is 17.4. The molecule has 3 rings (SSSR count). The number of aliphatic hydroxyl groups is 1. The van der Waals surface area contributed by atoms with Gasteiger partial charge in [0.1, 0.15) is 0 Å². The van der Waals surface area contributed by atoms with Gasteiger partial charge in [0.25, 0.3) is 0 Å². The van der Waals surface area contributed by atoms with E-state index in [9.17, 15) is 4.79 Å². The van der Waals surface area contributed by atoms with E-state index in [0.29, 0.717) is 13.1 Å². The molecule has 0 aliphatic carbocycles. The minimum atomic E-state index is -0.179. The zero-order valence-corrected chi connectivity index (χ0v) is 14.8. The summed E-state index contributed by atoms with van der Waals surface area (Å²) < 4.78 is 0. The van der Waals surface area contributed by atoms with Gasteiger partial charge in [-0.25, -0.2) is 4.98 Å². The molecule has 1 amide bonds. The molecule has 5 heteroatoms. The van der Waals surface area contributed by atoms with Crippen molar-refractivity contribution < 1.29 is 9.90 Å². The van der Waals surface area contributed by atoms with Crippen LogP contribution in [0.25, 0.3) is 0 Å². The summed E-state index contributed by atoms with van der Waals surface area (Å²) in [5, 5.41) is 9.86. The fourth-order valence-electron chi connectivity index (χ4n) is 2.17. The maximum absolute atomic E-state index is 10.1. The second-order valence-electron chi connectivity index (χ2n) is 5.76. The van der Waals surface area contributed by atoms with Gasteiger partial charge < -0.3 is 10.0 Å². The molecule has 4 nitrogen and oxygen atoms in total. The number of nitrogens with zero attached hydrogens (tertiary/aromatic N) is 2. The minimum Gasteiger partial charge on any atom is -0.393 e. The summed E-state index contributed by atoms with van der Waals surface area (Å²) in [6.45, 7) is 5.53. The van der Waals surface area contributed by atoms with Gasteiger partial charge in [-0.2, -0.15) is 0 Å². The van der Waals surface area contributed by atoms with Crippen molar-refractivity contribution in [3.05, 3.63) is 51.5 Å². The molecule has 1 aliphatic heterocycles. The number of benzene rings is 1. The van der Waals surface area contributed by atoms with Crippen LogP contribution in [0, 0.1) is 25.7 Å². The molecule has 1 fully saturated rings. The van der Waals surface area contributed by atoms with E-state index in [1.807, 2.05) is 25.3 Å². The number of thiazole rings is 1. The first-order valence-electron chi connectivity index (χ1n) is 7.95. The highest BCUT2D eigenvalue weighted by Gasteiger charge is 2.14. The van der Waals surface area contributed by atoms with Crippen molar-refractivity contribution >= 4 is 17.7 Å². The number of rotatable bonds is 1. The Hall–Kier alpha value is -2.16. The van der Waals surface area contributed by atoms with E-state index in [0.717, 1.165) is 29.8 Å². The minimum absolute atomic E-state index is 0.179. The summed E-state index contributed by atoms with van der Waals surface area (Å²) >= 11 is 1.63. The first kappa shape index (κ1) is 18.2. The van der Waals surface area contributed by atoms with Crippen LogP contribution >= 0.6 is 11.3 Å². The van der Waals surface area contributed by atoms with E-state index in [1.165, 1.54) is 10.4 Å². The van der Waals surface area contributed by atoms with Crippen LogP contribution in [0.1, 0.15) is 33.9 Å². The van der Waals surface area contributed by atoms with Crippen LogP contribution < -0.4 is 0 Å². The third-order valence-electron chi connectivity index (χ3n) is 3.63. The van der Waals surface area contributed by atoms with Crippen LogP contribution in [-0.4, -0.2) is 40.6 Å². The quantitative estimate of drug-likeness (QED) is 0.640. The highest BCUT2D eigenvalue weighted by atomic mass is 32.1. The van der Waals surface area contributed by atoms with Gasteiger partial charge in [0.05, 0.1) is 6.10 Å². The Balaban J connectivity index is 0.000000198. The third-order valence-corrected chi connectivity index (χ3v) is 4.46. The Morgan fingerprint density at radius 3 is 2.42 bits per heavy atom. The standard InChI is InChI=1S/C13H11NS.C6H11NO2/c1-10-3-5-12(6-4-10)7-8-13-14-9-11(2)15-13;8-5-7-3-1-6(9)2-4-7/h3-6,9H,1-2H3;5-6,9H,1-4H2. The Labute approximate surface area is 147 Å². The van der Waals surface area contributed by atoms with Crippen LogP contribution in [0.5, 0.6) is 0 Å². The number of piperidine rings is 1. The SMILES string of the molecule is Cc1ccc(C#Cc2ncc(C)s2)cc1.O=CN1CCC(O)CC1. The van der Waals surface area contributed by atoms with Gasteiger partial charge in [0.15, 0.2) is 5.01 Å². The fraction of sp³-hybridized carbons (Fsp3) is 0.368. The fourth-order valence-corrected chi connectivity index (χ4v) is 2.78. The van der Waals surface area contributed by atoms with Crippen LogP contribution in [0.4, 0.5) is 0 Å². The third kappa shape index (κ3) is 6.15. The highest BCUT2D eigenvalue weighted by molar-refractivity contribution is 7.12. The molecule has 1 aromatic heterocycles. The Bertz CT molecular complexity index is 705. The highest BCUT2D eigenvalue weighted by Crippen LogP contribution is 2.10. The van der Waals surface area contributed by atoms with Crippen molar-refractivity contribution in [1.29, 1.82) is 0 Å². The summed E-state index contributed by atoms with van der Waals surface area (Å²) in [5.74, 6) is 6.16. The number of aliphatic hydroxyl groups excluding tert-OH is 1. The molecule has 0 radical (unpaired) electrons. The lowest BCUT2D eigenvalue weighted by Gasteiger charge is -2.25. The van der Waals surface area contributed by atoms with Crippen molar-refractivity contribution in [2.45, 2.75) is 32.8 Å². The molecule has 24 heavy (non-hydrogen) atoms. The van der Waals surface area contributed by atoms with Crippen molar-refractivity contribution in [2.24, 2.45) is 0 Å². The number of hydrogen-bond donors (Lipinski definition) is 1. The summed E-state index contributed by atoms with van der Waals surface area (Å²) in [4.78, 5) is 17.2. The van der Waals surface area contributed by atoms with E-state index in [4.69, 9.17) is 5.11 Å². The van der Waals surface area contributed by atoms with Crippen molar-refractivity contribution in [3.63, 3.8) is 0 Å². The monoisotopic (exact) mass is 342 g/mol. The Morgan fingerprint density at radius 1 is 1.21 bits per heavy atom.